The summed E-state index contributed by atoms with van der Waals surface area (Å²) in [5.41, 5.74) is 13.6. The highest BCUT2D eigenvalue weighted by Gasteiger charge is 2.11. The lowest BCUT2D eigenvalue weighted by Crippen LogP contribution is -2.15. The van der Waals surface area contributed by atoms with E-state index in [0.717, 1.165) is 11.3 Å². The zero-order valence-corrected chi connectivity index (χ0v) is 9.17. The maximum Gasteiger partial charge on any atom is 0.126 e. The fraction of sp³-hybridized carbons (Fsp3) is 0.273. The first-order valence-corrected chi connectivity index (χ1v) is 5.11. The summed E-state index contributed by atoms with van der Waals surface area (Å²) in [4.78, 5) is 4.03. The van der Waals surface area contributed by atoms with Gasteiger partial charge in [0, 0.05) is 19.4 Å². The van der Waals surface area contributed by atoms with Gasteiger partial charge in [-0.1, -0.05) is 6.07 Å². The molecular weight excluding hydrogens is 202 g/mol. The lowest BCUT2D eigenvalue weighted by atomic mass is 10.1. The zero-order chi connectivity index (χ0) is 11.5. The molecule has 0 aliphatic rings. The topological polar surface area (TPSA) is 82.8 Å². The van der Waals surface area contributed by atoms with E-state index in [9.17, 15) is 0 Å². The third-order valence-corrected chi connectivity index (χ3v) is 2.48. The molecule has 1 atom stereocenters. The van der Waals surface area contributed by atoms with Crippen molar-refractivity contribution in [3.63, 3.8) is 0 Å². The molecule has 0 fully saturated rings. The molecule has 2 aromatic rings. The quantitative estimate of drug-likeness (QED) is 0.790. The molecule has 16 heavy (non-hydrogen) atoms. The summed E-state index contributed by atoms with van der Waals surface area (Å²) in [7, 11) is 1.87. The average Bonchev–Trinajstić information content (AvgIpc) is 2.68. The molecule has 0 bridgehead atoms. The van der Waals surface area contributed by atoms with Crippen molar-refractivity contribution in [1.82, 2.24) is 14.8 Å². The molecule has 2 heterocycles. The first-order chi connectivity index (χ1) is 7.66. The van der Waals surface area contributed by atoms with E-state index in [-0.39, 0.29) is 6.04 Å². The van der Waals surface area contributed by atoms with Gasteiger partial charge in [0.25, 0.3) is 0 Å². The maximum absolute atomic E-state index is 6.05. The number of nitrogens with zero attached hydrogens (tertiary/aromatic N) is 3. The first-order valence-electron chi connectivity index (χ1n) is 5.11. The summed E-state index contributed by atoms with van der Waals surface area (Å²) in [6, 6.07) is 5.56. The molecule has 0 spiro atoms. The SMILES string of the molecule is Cn1ccc(C(N)Cc2cccnc2N)n1. The van der Waals surface area contributed by atoms with Crippen molar-refractivity contribution < 1.29 is 0 Å². The molecule has 4 N–H and O–H groups in total. The Morgan fingerprint density at radius 2 is 2.25 bits per heavy atom. The minimum Gasteiger partial charge on any atom is -0.383 e. The Balaban J connectivity index is 2.13. The van der Waals surface area contributed by atoms with Crippen molar-refractivity contribution in [2.24, 2.45) is 12.8 Å². The molecule has 84 valence electrons. The number of rotatable bonds is 3. The number of nitrogen functional groups attached to an aromatic ring is 1. The number of anilines is 1. The van der Waals surface area contributed by atoms with Crippen LogP contribution in [0.2, 0.25) is 0 Å². The predicted octanol–water partition coefficient (Wildman–Crippen LogP) is 0.640. The van der Waals surface area contributed by atoms with Crippen LogP contribution < -0.4 is 11.5 Å². The van der Waals surface area contributed by atoms with Gasteiger partial charge in [-0.15, -0.1) is 0 Å². The van der Waals surface area contributed by atoms with Crippen LogP contribution in [0.3, 0.4) is 0 Å². The fourth-order valence-corrected chi connectivity index (χ4v) is 1.60. The van der Waals surface area contributed by atoms with Crippen LogP contribution in [0.15, 0.2) is 30.6 Å². The highest BCUT2D eigenvalue weighted by Crippen LogP contribution is 2.16. The molecule has 5 heteroatoms. The molecule has 0 aromatic carbocycles. The van der Waals surface area contributed by atoms with Crippen molar-refractivity contribution in [2.75, 3.05) is 5.73 Å². The van der Waals surface area contributed by atoms with Gasteiger partial charge in [-0.25, -0.2) is 4.98 Å². The largest absolute Gasteiger partial charge is 0.383 e. The van der Waals surface area contributed by atoms with Gasteiger partial charge in [-0.3, -0.25) is 4.68 Å². The molecule has 0 aliphatic carbocycles. The third-order valence-electron chi connectivity index (χ3n) is 2.48. The molecule has 2 aromatic heterocycles. The molecule has 1 unspecified atom stereocenters. The molecule has 2 rings (SSSR count). The molecule has 0 amide bonds. The average molecular weight is 217 g/mol. The summed E-state index contributed by atoms with van der Waals surface area (Å²) in [6.07, 6.45) is 4.20. The van der Waals surface area contributed by atoms with Gasteiger partial charge in [0.1, 0.15) is 5.82 Å². The Labute approximate surface area is 94.1 Å². The number of hydrogen-bond donors (Lipinski definition) is 2. The monoisotopic (exact) mass is 217 g/mol. The van der Waals surface area contributed by atoms with Gasteiger partial charge in [0.05, 0.1) is 11.7 Å². The Bertz CT molecular complexity index is 477. The minimum absolute atomic E-state index is 0.146. The van der Waals surface area contributed by atoms with Crippen LogP contribution in [0.25, 0.3) is 0 Å². The normalized spacial score (nSPS) is 12.6. The van der Waals surface area contributed by atoms with E-state index < -0.39 is 0 Å². The number of aryl methyl sites for hydroxylation is 1. The highest BCUT2D eigenvalue weighted by atomic mass is 15.3. The maximum atomic E-state index is 6.05. The molecular formula is C11H15N5. The Morgan fingerprint density at radius 1 is 1.44 bits per heavy atom. The van der Waals surface area contributed by atoms with Crippen LogP contribution in [0.4, 0.5) is 5.82 Å². The van der Waals surface area contributed by atoms with E-state index in [0.29, 0.717) is 12.2 Å². The molecule has 0 saturated heterocycles. The number of aromatic nitrogens is 3. The summed E-state index contributed by atoms with van der Waals surface area (Å²) in [6.45, 7) is 0. The van der Waals surface area contributed by atoms with Gasteiger partial charge in [-0.2, -0.15) is 5.10 Å². The van der Waals surface area contributed by atoms with E-state index in [2.05, 4.69) is 10.1 Å². The summed E-state index contributed by atoms with van der Waals surface area (Å²) in [5.74, 6) is 0.536. The summed E-state index contributed by atoms with van der Waals surface area (Å²) in [5, 5.41) is 4.27. The van der Waals surface area contributed by atoms with Crippen molar-refractivity contribution in [3.05, 3.63) is 41.9 Å². The molecule has 5 nitrogen and oxygen atoms in total. The Hall–Kier alpha value is -1.88. The van der Waals surface area contributed by atoms with Crippen molar-refractivity contribution in [3.8, 4) is 0 Å². The number of nitrogens with two attached hydrogens (primary N) is 2. The van der Waals surface area contributed by atoms with Crippen LogP contribution in [0.5, 0.6) is 0 Å². The van der Waals surface area contributed by atoms with Crippen LogP contribution >= 0.6 is 0 Å². The van der Waals surface area contributed by atoms with Gasteiger partial charge < -0.3 is 11.5 Å². The van der Waals surface area contributed by atoms with Crippen molar-refractivity contribution >= 4 is 5.82 Å². The van der Waals surface area contributed by atoms with Gasteiger partial charge in [-0.05, 0) is 24.1 Å². The summed E-state index contributed by atoms with van der Waals surface area (Å²) < 4.78 is 1.74. The summed E-state index contributed by atoms with van der Waals surface area (Å²) >= 11 is 0. The zero-order valence-electron chi connectivity index (χ0n) is 9.17. The van der Waals surface area contributed by atoms with E-state index in [1.54, 1.807) is 10.9 Å². The second-order valence-electron chi connectivity index (χ2n) is 3.77. The van der Waals surface area contributed by atoms with Crippen molar-refractivity contribution in [1.29, 1.82) is 0 Å². The molecule has 0 saturated carbocycles. The highest BCUT2D eigenvalue weighted by molar-refractivity contribution is 5.39. The van der Waals surface area contributed by atoms with Gasteiger partial charge >= 0.3 is 0 Å². The van der Waals surface area contributed by atoms with Gasteiger partial charge in [0.2, 0.25) is 0 Å². The smallest absolute Gasteiger partial charge is 0.126 e. The van der Waals surface area contributed by atoms with Gasteiger partial charge in [0.15, 0.2) is 0 Å². The van der Waals surface area contributed by atoms with Crippen LogP contribution in [-0.2, 0) is 13.5 Å². The number of pyridine rings is 1. The lowest BCUT2D eigenvalue weighted by Gasteiger charge is -2.10. The second kappa shape index (κ2) is 4.32. The molecule has 0 radical (unpaired) electrons. The number of hydrogen-bond acceptors (Lipinski definition) is 4. The third kappa shape index (κ3) is 2.20. The lowest BCUT2D eigenvalue weighted by molar-refractivity contribution is 0.657. The van der Waals surface area contributed by atoms with Crippen LogP contribution in [0, 0.1) is 0 Å². The minimum atomic E-state index is -0.146. The molecule has 0 aliphatic heterocycles. The van der Waals surface area contributed by atoms with E-state index in [4.69, 9.17) is 11.5 Å². The van der Waals surface area contributed by atoms with Crippen molar-refractivity contribution in [2.45, 2.75) is 12.5 Å². The second-order valence-corrected chi connectivity index (χ2v) is 3.77. The Morgan fingerprint density at radius 3 is 2.88 bits per heavy atom. The van der Waals surface area contributed by atoms with E-state index in [1.807, 2.05) is 31.4 Å². The first kappa shape index (κ1) is 10.6. The fourth-order valence-electron chi connectivity index (χ4n) is 1.60. The standard InChI is InChI=1S/C11H15N5/c1-16-6-4-10(15-16)9(12)7-8-3-2-5-14-11(8)13/h2-6,9H,7,12H2,1H3,(H2,13,14). The van der Waals surface area contributed by atoms with E-state index >= 15 is 0 Å². The van der Waals surface area contributed by atoms with E-state index in [1.165, 1.54) is 0 Å². The van der Waals surface area contributed by atoms with Crippen LogP contribution in [0.1, 0.15) is 17.3 Å². The Kier molecular flexibility index (Phi) is 2.87. The van der Waals surface area contributed by atoms with Crippen LogP contribution in [-0.4, -0.2) is 14.8 Å². The predicted molar refractivity (Wildman–Crippen MR) is 62.5 cm³/mol.